The smallest absolute Gasteiger partial charge is 0.407 e. The third kappa shape index (κ3) is 7.23. The maximum Gasteiger partial charge on any atom is 0.407 e. The number of alkyl carbamates (subject to hydrolysis) is 1. The van der Waals surface area contributed by atoms with Gasteiger partial charge in [-0.25, -0.2) is 9.59 Å². The Balaban J connectivity index is 2.59. The van der Waals surface area contributed by atoms with E-state index in [9.17, 15) is 19.5 Å². The minimum atomic E-state index is -1.61. The highest BCUT2D eigenvalue weighted by Gasteiger charge is 2.27. The Hall–Kier alpha value is -2.41. The van der Waals surface area contributed by atoms with Gasteiger partial charge in [-0.2, -0.15) is 0 Å². The van der Waals surface area contributed by atoms with Crippen LogP contribution in [-0.2, 0) is 20.9 Å². The van der Waals surface area contributed by atoms with Crippen LogP contribution in [0.1, 0.15) is 32.3 Å². The van der Waals surface area contributed by atoms with Crippen LogP contribution in [0.2, 0.25) is 0 Å². The fourth-order valence-corrected chi connectivity index (χ4v) is 2.16. The summed E-state index contributed by atoms with van der Waals surface area (Å²) in [4.78, 5) is 33.7. The lowest BCUT2D eigenvalue weighted by Crippen LogP contribution is -2.45. The van der Waals surface area contributed by atoms with Gasteiger partial charge in [0.1, 0.15) is 6.61 Å². The van der Waals surface area contributed by atoms with Crippen LogP contribution in [-0.4, -0.2) is 40.2 Å². The van der Waals surface area contributed by atoms with Crippen LogP contribution in [0.25, 0.3) is 0 Å². The summed E-state index contributed by atoms with van der Waals surface area (Å²) in [5.41, 5.74) is 0.815. The van der Waals surface area contributed by atoms with Crippen molar-refractivity contribution >= 4 is 17.8 Å². The number of carbonyl (C=O) groups is 3. The Morgan fingerprint density at radius 2 is 1.79 bits per heavy atom. The van der Waals surface area contributed by atoms with Gasteiger partial charge >= 0.3 is 12.1 Å². The quantitative estimate of drug-likeness (QED) is 0.592. The van der Waals surface area contributed by atoms with Crippen molar-refractivity contribution < 1.29 is 29.3 Å². The molecule has 0 saturated heterocycles. The van der Waals surface area contributed by atoms with E-state index < -0.39 is 36.4 Å². The van der Waals surface area contributed by atoms with Crippen LogP contribution in [0.3, 0.4) is 0 Å². The highest BCUT2D eigenvalue weighted by atomic mass is 16.5. The lowest BCUT2D eigenvalue weighted by molar-refractivity contribution is -0.150. The van der Waals surface area contributed by atoms with Crippen molar-refractivity contribution in [2.24, 2.45) is 5.92 Å². The summed E-state index contributed by atoms with van der Waals surface area (Å²) in [6.07, 6.45) is -2.20. The first kappa shape index (κ1) is 19.6. The van der Waals surface area contributed by atoms with Crippen molar-refractivity contribution in [3.8, 4) is 0 Å². The number of aliphatic hydroxyl groups excluding tert-OH is 1. The van der Waals surface area contributed by atoms with Crippen molar-refractivity contribution in [1.29, 1.82) is 0 Å². The van der Waals surface area contributed by atoms with Gasteiger partial charge in [-0.05, 0) is 17.9 Å². The van der Waals surface area contributed by atoms with Crippen LogP contribution < -0.4 is 5.32 Å². The standard InChI is InChI=1S/C17H23NO6/c1-11(2)8-13(14(19)9-15(20)16(21)22)18-17(23)24-10-12-6-4-3-5-7-12/h3-7,11,13-14,19H,8-10H2,1-2H3,(H,18,23)(H,21,22)/t13-,14+/m1/s1. The first-order chi connectivity index (χ1) is 11.3. The number of ether oxygens (including phenoxy) is 1. The molecule has 7 heteroatoms. The molecule has 0 aliphatic carbocycles. The molecule has 1 aromatic rings. The second-order valence-corrected chi connectivity index (χ2v) is 5.94. The zero-order chi connectivity index (χ0) is 18.1. The number of aliphatic carboxylic acids is 1. The van der Waals surface area contributed by atoms with Gasteiger partial charge in [0.2, 0.25) is 5.78 Å². The monoisotopic (exact) mass is 337 g/mol. The van der Waals surface area contributed by atoms with Crippen molar-refractivity contribution in [1.82, 2.24) is 5.32 Å². The summed E-state index contributed by atoms with van der Waals surface area (Å²) < 4.78 is 5.08. The van der Waals surface area contributed by atoms with Crippen molar-refractivity contribution in [3.63, 3.8) is 0 Å². The van der Waals surface area contributed by atoms with Gasteiger partial charge in [0.25, 0.3) is 0 Å². The number of Topliss-reactive ketones (excluding diaryl/α,β-unsaturated/α-hetero) is 1. The van der Waals surface area contributed by atoms with E-state index in [0.29, 0.717) is 6.42 Å². The number of nitrogens with one attached hydrogen (secondary N) is 1. The molecule has 0 spiro atoms. The second kappa shape index (κ2) is 9.67. The van der Waals surface area contributed by atoms with Gasteiger partial charge in [0.05, 0.1) is 12.1 Å². The van der Waals surface area contributed by atoms with Gasteiger partial charge in [0, 0.05) is 6.42 Å². The summed E-state index contributed by atoms with van der Waals surface area (Å²) in [5.74, 6) is -2.58. The van der Waals surface area contributed by atoms with Crippen LogP contribution in [0.4, 0.5) is 4.79 Å². The number of carbonyl (C=O) groups excluding carboxylic acids is 2. The van der Waals surface area contributed by atoms with Crippen LogP contribution >= 0.6 is 0 Å². The Labute approximate surface area is 140 Å². The molecule has 2 atom stereocenters. The number of rotatable bonds is 9. The fourth-order valence-electron chi connectivity index (χ4n) is 2.16. The number of hydrogen-bond acceptors (Lipinski definition) is 5. The van der Waals surface area contributed by atoms with Crippen molar-refractivity contribution in [2.45, 2.75) is 45.4 Å². The minimum Gasteiger partial charge on any atom is -0.475 e. The highest BCUT2D eigenvalue weighted by molar-refractivity contribution is 6.32. The lowest BCUT2D eigenvalue weighted by atomic mass is 9.96. The molecule has 3 N–H and O–H groups in total. The third-order valence-electron chi connectivity index (χ3n) is 3.34. The van der Waals surface area contributed by atoms with Crippen LogP contribution in [0.5, 0.6) is 0 Å². The summed E-state index contributed by atoms with van der Waals surface area (Å²) in [6, 6.07) is 8.33. The zero-order valence-corrected chi connectivity index (χ0v) is 13.8. The SMILES string of the molecule is CC(C)C[C@@H](NC(=O)OCc1ccccc1)[C@@H](O)CC(=O)C(=O)O. The molecule has 0 fully saturated rings. The third-order valence-corrected chi connectivity index (χ3v) is 3.34. The van der Waals surface area contributed by atoms with Crippen LogP contribution in [0.15, 0.2) is 30.3 Å². The Bertz CT molecular complexity index is 557. The molecule has 0 heterocycles. The average molecular weight is 337 g/mol. The molecule has 0 unspecified atom stereocenters. The number of carboxylic acid groups (broad SMARTS) is 1. The highest BCUT2D eigenvalue weighted by Crippen LogP contribution is 2.12. The number of aliphatic hydroxyl groups is 1. The molecular formula is C17H23NO6. The number of ketones is 1. The molecule has 0 aliphatic rings. The number of hydrogen-bond donors (Lipinski definition) is 3. The first-order valence-electron chi connectivity index (χ1n) is 7.71. The summed E-state index contributed by atoms with van der Waals surface area (Å²) >= 11 is 0. The maximum absolute atomic E-state index is 11.9. The first-order valence-corrected chi connectivity index (χ1v) is 7.71. The van der Waals surface area contributed by atoms with E-state index in [1.807, 2.05) is 32.0 Å². The Morgan fingerprint density at radius 3 is 2.33 bits per heavy atom. The molecule has 1 amide bonds. The predicted octanol–water partition coefficient (Wildman–Crippen LogP) is 1.73. The number of benzene rings is 1. The molecule has 1 rings (SSSR count). The molecule has 0 saturated carbocycles. The van der Waals surface area contributed by atoms with Crippen LogP contribution in [0, 0.1) is 5.92 Å². The Kier molecular flexibility index (Phi) is 7.91. The molecule has 7 nitrogen and oxygen atoms in total. The minimum absolute atomic E-state index is 0.0746. The van der Waals surface area contributed by atoms with Gasteiger partial charge in [-0.3, -0.25) is 4.79 Å². The molecule has 0 radical (unpaired) electrons. The normalized spacial score (nSPS) is 13.2. The molecule has 0 aliphatic heterocycles. The Morgan fingerprint density at radius 1 is 1.17 bits per heavy atom. The largest absolute Gasteiger partial charge is 0.475 e. The van der Waals surface area contributed by atoms with Gasteiger partial charge in [-0.15, -0.1) is 0 Å². The van der Waals surface area contributed by atoms with Gasteiger partial charge in [0.15, 0.2) is 0 Å². The average Bonchev–Trinajstić information content (AvgIpc) is 2.52. The van der Waals surface area contributed by atoms with E-state index >= 15 is 0 Å². The van der Waals surface area contributed by atoms with E-state index in [2.05, 4.69) is 5.32 Å². The molecular weight excluding hydrogens is 314 g/mol. The maximum atomic E-state index is 11.9. The van der Waals surface area contributed by atoms with Gasteiger partial charge < -0.3 is 20.3 Å². The van der Waals surface area contributed by atoms with E-state index in [1.165, 1.54) is 0 Å². The van der Waals surface area contributed by atoms with E-state index in [-0.39, 0.29) is 12.5 Å². The summed E-state index contributed by atoms with van der Waals surface area (Å²) in [5, 5.41) is 21.2. The zero-order valence-electron chi connectivity index (χ0n) is 13.8. The van der Waals surface area contributed by atoms with E-state index in [1.54, 1.807) is 12.1 Å². The summed E-state index contributed by atoms with van der Waals surface area (Å²) in [6.45, 7) is 3.84. The molecule has 24 heavy (non-hydrogen) atoms. The number of amides is 1. The van der Waals surface area contributed by atoms with Gasteiger partial charge in [-0.1, -0.05) is 44.2 Å². The topological polar surface area (TPSA) is 113 Å². The predicted molar refractivity (Wildman–Crippen MR) is 86.3 cm³/mol. The van der Waals surface area contributed by atoms with Crippen molar-refractivity contribution in [2.75, 3.05) is 0 Å². The molecule has 1 aromatic carbocycles. The number of carboxylic acids is 1. The molecule has 0 aromatic heterocycles. The summed E-state index contributed by atoms with van der Waals surface area (Å²) in [7, 11) is 0. The lowest BCUT2D eigenvalue weighted by Gasteiger charge is -2.24. The van der Waals surface area contributed by atoms with E-state index in [4.69, 9.17) is 9.84 Å². The van der Waals surface area contributed by atoms with E-state index in [0.717, 1.165) is 5.56 Å². The fraction of sp³-hybridized carbons (Fsp3) is 0.471. The second-order valence-electron chi connectivity index (χ2n) is 5.94. The molecule has 0 bridgehead atoms. The van der Waals surface area contributed by atoms with Crippen molar-refractivity contribution in [3.05, 3.63) is 35.9 Å². The molecule has 132 valence electrons.